The summed E-state index contributed by atoms with van der Waals surface area (Å²) in [5, 5.41) is 1.10. The standard InChI is InChI=1S/C13H15Cl2N3O2S/c1-21(19,20)5-4-11(16)13-17-7-12(18-13)9-6-8(14)2-3-10(9)15/h2-3,6-7,11H,4-5,16H2,1H3,(H,17,18). The number of sulfone groups is 1. The number of halogens is 2. The minimum absolute atomic E-state index is 0.0160. The summed E-state index contributed by atoms with van der Waals surface area (Å²) >= 11 is 12.1. The van der Waals surface area contributed by atoms with E-state index in [-0.39, 0.29) is 5.75 Å². The summed E-state index contributed by atoms with van der Waals surface area (Å²) in [5.74, 6) is 0.534. The Morgan fingerprint density at radius 3 is 2.76 bits per heavy atom. The average Bonchev–Trinajstić information content (AvgIpc) is 2.87. The van der Waals surface area contributed by atoms with E-state index < -0.39 is 15.9 Å². The summed E-state index contributed by atoms with van der Waals surface area (Å²) in [4.78, 5) is 7.25. The number of hydrogen-bond donors (Lipinski definition) is 2. The van der Waals surface area contributed by atoms with Crippen molar-refractivity contribution < 1.29 is 8.42 Å². The van der Waals surface area contributed by atoms with E-state index in [9.17, 15) is 8.42 Å². The number of nitrogens with one attached hydrogen (secondary N) is 1. The number of nitrogens with two attached hydrogens (primary N) is 1. The third-order valence-corrected chi connectivity index (χ3v) is 4.51. The van der Waals surface area contributed by atoms with Crippen molar-refractivity contribution in [3.8, 4) is 11.3 Å². The Bertz CT molecular complexity index is 744. The van der Waals surface area contributed by atoms with Crippen LogP contribution in [0.1, 0.15) is 18.3 Å². The van der Waals surface area contributed by atoms with Crippen LogP contribution < -0.4 is 5.73 Å². The zero-order valence-electron chi connectivity index (χ0n) is 11.3. The number of hydrogen-bond acceptors (Lipinski definition) is 4. The third-order valence-electron chi connectivity index (χ3n) is 2.96. The molecule has 0 radical (unpaired) electrons. The lowest BCUT2D eigenvalue weighted by molar-refractivity contribution is 0.588. The maximum atomic E-state index is 11.2. The second-order valence-corrected chi connectivity index (χ2v) is 7.93. The molecule has 114 valence electrons. The lowest BCUT2D eigenvalue weighted by atomic mass is 10.2. The number of imidazole rings is 1. The van der Waals surface area contributed by atoms with Crippen molar-refractivity contribution in [3.05, 3.63) is 40.3 Å². The van der Waals surface area contributed by atoms with Crippen LogP contribution in [0.2, 0.25) is 10.0 Å². The molecule has 0 aliphatic heterocycles. The van der Waals surface area contributed by atoms with Crippen molar-refractivity contribution in [3.63, 3.8) is 0 Å². The first-order valence-corrected chi connectivity index (χ1v) is 9.01. The number of benzene rings is 1. The van der Waals surface area contributed by atoms with Crippen LogP contribution >= 0.6 is 23.2 Å². The molecule has 0 aliphatic rings. The summed E-state index contributed by atoms with van der Waals surface area (Å²) in [6.45, 7) is 0. The summed E-state index contributed by atoms with van der Waals surface area (Å²) < 4.78 is 22.3. The Labute approximate surface area is 133 Å². The van der Waals surface area contributed by atoms with E-state index in [0.29, 0.717) is 28.0 Å². The number of aromatic nitrogens is 2. The van der Waals surface area contributed by atoms with Crippen LogP contribution in [0.5, 0.6) is 0 Å². The lowest BCUT2D eigenvalue weighted by Crippen LogP contribution is -2.16. The average molecular weight is 348 g/mol. The second kappa shape index (κ2) is 6.36. The monoisotopic (exact) mass is 347 g/mol. The number of nitrogens with zero attached hydrogens (tertiary/aromatic N) is 1. The first-order valence-electron chi connectivity index (χ1n) is 6.20. The van der Waals surface area contributed by atoms with Crippen LogP contribution in [-0.4, -0.2) is 30.4 Å². The quantitative estimate of drug-likeness (QED) is 0.870. The first-order chi connectivity index (χ1) is 9.76. The first kappa shape index (κ1) is 16.3. The molecule has 0 aliphatic carbocycles. The highest BCUT2D eigenvalue weighted by molar-refractivity contribution is 7.90. The van der Waals surface area contributed by atoms with Crippen LogP contribution in [0.25, 0.3) is 11.3 Å². The molecule has 1 unspecified atom stereocenters. The summed E-state index contributed by atoms with van der Waals surface area (Å²) in [6.07, 6.45) is 3.08. The van der Waals surface area contributed by atoms with E-state index in [0.717, 1.165) is 5.56 Å². The Morgan fingerprint density at radius 1 is 1.38 bits per heavy atom. The van der Waals surface area contributed by atoms with Gasteiger partial charge in [-0.1, -0.05) is 23.2 Å². The molecule has 1 aromatic heterocycles. The predicted octanol–water partition coefficient (Wildman–Crippen LogP) is 2.82. The van der Waals surface area contributed by atoms with E-state index in [1.807, 2.05) is 0 Å². The molecule has 2 aromatic rings. The number of aromatic amines is 1. The molecule has 0 bridgehead atoms. The molecule has 0 saturated heterocycles. The smallest absolute Gasteiger partial charge is 0.147 e. The van der Waals surface area contributed by atoms with Gasteiger partial charge in [-0.15, -0.1) is 0 Å². The molecule has 8 heteroatoms. The van der Waals surface area contributed by atoms with Gasteiger partial charge in [0.25, 0.3) is 0 Å². The van der Waals surface area contributed by atoms with E-state index in [1.165, 1.54) is 6.26 Å². The van der Waals surface area contributed by atoms with Gasteiger partial charge in [0, 0.05) is 16.8 Å². The predicted molar refractivity (Wildman–Crippen MR) is 85.3 cm³/mol. The van der Waals surface area contributed by atoms with Gasteiger partial charge in [0.1, 0.15) is 15.7 Å². The highest BCUT2D eigenvalue weighted by Gasteiger charge is 2.15. The van der Waals surface area contributed by atoms with Gasteiger partial charge in [0.15, 0.2) is 0 Å². The van der Waals surface area contributed by atoms with E-state index in [1.54, 1.807) is 24.4 Å². The molecule has 0 amide bonds. The molecule has 21 heavy (non-hydrogen) atoms. The van der Waals surface area contributed by atoms with Crippen LogP contribution in [0.15, 0.2) is 24.4 Å². The van der Waals surface area contributed by atoms with Gasteiger partial charge in [-0.2, -0.15) is 0 Å². The molecular formula is C13H15Cl2N3O2S. The van der Waals surface area contributed by atoms with Crippen molar-refractivity contribution >= 4 is 33.0 Å². The highest BCUT2D eigenvalue weighted by atomic mass is 35.5. The fraction of sp³-hybridized carbons (Fsp3) is 0.308. The Kier molecular flexibility index (Phi) is 4.93. The van der Waals surface area contributed by atoms with Crippen molar-refractivity contribution in [2.24, 2.45) is 5.73 Å². The Hall–Kier alpha value is -1.08. The topological polar surface area (TPSA) is 88.8 Å². The van der Waals surface area contributed by atoms with Gasteiger partial charge >= 0.3 is 0 Å². The highest BCUT2D eigenvalue weighted by Crippen LogP contribution is 2.30. The third kappa shape index (κ3) is 4.44. The normalized spacial score (nSPS) is 13.3. The maximum Gasteiger partial charge on any atom is 0.147 e. The molecule has 0 spiro atoms. The maximum absolute atomic E-state index is 11.2. The number of H-pyrrole nitrogens is 1. The summed E-state index contributed by atoms with van der Waals surface area (Å²) in [6, 6.07) is 4.64. The van der Waals surface area contributed by atoms with Gasteiger partial charge in [0.2, 0.25) is 0 Å². The van der Waals surface area contributed by atoms with Crippen molar-refractivity contribution in [2.45, 2.75) is 12.5 Å². The van der Waals surface area contributed by atoms with Gasteiger partial charge < -0.3 is 10.7 Å². The van der Waals surface area contributed by atoms with Crippen LogP contribution in [0, 0.1) is 0 Å². The Morgan fingerprint density at radius 2 is 2.10 bits per heavy atom. The van der Waals surface area contributed by atoms with Gasteiger partial charge in [0.05, 0.1) is 28.7 Å². The zero-order valence-corrected chi connectivity index (χ0v) is 13.6. The van der Waals surface area contributed by atoms with Crippen molar-refractivity contribution in [1.29, 1.82) is 0 Å². The van der Waals surface area contributed by atoms with Gasteiger partial charge in [-0.25, -0.2) is 13.4 Å². The fourth-order valence-electron chi connectivity index (χ4n) is 1.84. The Balaban J connectivity index is 2.19. The number of rotatable bonds is 5. The van der Waals surface area contributed by atoms with E-state index in [4.69, 9.17) is 28.9 Å². The van der Waals surface area contributed by atoms with Crippen molar-refractivity contribution in [2.75, 3.05) is 12.0 Å². The van der Waals surface area contributed by atoms with Crippen LogP contribution in [0.3, 0.4) is 0 Å². The van der Waals surface area contributed by atoms with Crippen LogP contribution in [-0.2, 0) is 9.84 Å². The fourth-order valence-corrected chi connectivity index (χ4v) is 2.92. The molecule has 2 rings (SSSR count). The SMILES string of the molecule is CS(=O)(=O)CCC(N)c1ncc(-c2cc(Cl)ccc2Cl)[nH]1. The van der Waals surface area contributed by atoms with Gasteiger partial charge in [-0.3, -0.25) is 0 Å². The molecule has 1 atom stereocenters. The van der Waals surface area contributed by atoms with E-state index >= 15 is 0 Å². The molecule has 1 aromatic carbocycles. The molecule has 5 nitrogen and oxygen atoms in total. The molecular weight excluding hydrogens is 333 g/mol. The second-order valence-electron chi connectivity index (χ2n) is 4.83. The largest absolute Gasteiger partial charge is 0.341 e. The minimum Gasteiger partial charge on any atom is -0.341 e. The zero-order chi connectivity index (χ0) is 15.6. The molecule has 0 saturated carbocycles. The lowest BCUT2D eigenvalue weighted by Gasteiger charge is -2.07. The van der Waals surface area contributed by atoms with Gasteiger partial charge in [-0.05, 0) is 24.6 Å². The molecule has 3 N–H and O–H groups in total. The summed E-state index contributed by atoms with van der Waals surface area (Å²) in [5.41, 5.74) is 7.35. The van der Waals surface area contributed by atoms with Crippen molar-refractivity contribution in [1.82, 2.24) is 9.97 Å². The molecule has 0 fully saturated rings. The molecule has 1 heterocycles. The minimum atomic E-state index is -3.05. The summed E-state index contributed by atoms with van der Waals surface area (Å²) in [7, 11) is -3.05. The van der Waals surface area contributed by atoms with Crippen LogP contribution in [0.4, 0.5) is 0 Å². The van der Waals surface area contributed by atoms with E-state index in [2.05, 4.69) is 9.97 Å².